The number of ether oxygens (including phenoxy) is 2. The monoisotopic (exact) mass is 648 g/mol. The van der Waals surface area contributed by atoms with Crippen LogP contribution in [0.25, 0.3) is 11.1 Å². The van der Waals surface area contributed by atoms with Gasteiger partial charge in [-0.1, -0.05) is 38.1 Å². The summed E-state index contributed by atoms with van der Waals surface area (Å²) in [7, 11) is -5.86. The largest absolute Gasteiger partial charge is 0.488 e. The molecule has 0 heterocycles. The van der Waals surface area contributed by atoms with Crippen molar-refractivity contribution in [3.8, 4) is 22.6 Å². The highest BCUT2D eigenvalue weighted by Gasteiger charge is 2.72. The summed E-state index contributed by atoms with van der Waals surface area (Å²) in [6, 6.07) is 16.0. The lowest BCUT2D eigenvalue weighted by molar-refractivity contribution is -0.0778. The van der Waals surface area contributed by atoms with Gasteiger partial charge in [-0.25, -0.2) is 4.39 Å². The van der Waals surface area contributed by atoms with Gasteiger partial charge >= 0.3 is 15.4 Å². The molecule has 4 aliphatic carbocycles. The van der Waals surface area contributed by atoms with Crippen LogP contribution in [-0.4, -0.2) is 35.6 Å². The molecular weight excluding hydrogens is 601 g/mol. The molecule has 9 heteroatoms. The first kappa shape index (κ1) is 32.7. The van der Waals surface area contributed by atoms with E-state index in [-0.39, 0.29) is 23.9 Å². The van der Waals surface area contributed by atoms with Crippen LogP contribution in [0.15, 0.2) is 48.5 Å². The molecule has 4 fully saturated rings. The van der Waals surface area contributed by atoms with Crippen molar-refractivity contribution >= 4 is 10.1 Å². The van der Waals surface area contributed by atoms with Crippen molar-refractivity contribution in [1.29, 1.82) is 0 Å². The summed E-state index contributed by atoms with van der Waals surface area (Å²) in [5.41, 5.74) is 0.831. The second-order valence-electron chi connectivity index (χ2n) is 15.3. The number of fused-ring (bicyclic) bond motifs is 9. The molecule has 2 aromatic carbocycles. The Morgan fingerprint density at radius 1 is 0.889 bits per heavy atom. The average molecular weight is 649 g/mol. The fourth-order valence-corrected chi connectivity index (χ4v) is 10.4. The summed E-state index contributed by atoms with van der Waals surface area (Å²) in [4.78, 5) is 0. The van der Waals surface area contributed by atoms with Gasteiger partial charge in [-0.2, -0.15) is 17.2 Å². The van der Waals surface area contributed by atoms with E-state index in [1.54, 1.807) is 0 Å². The van der Waals surface area contributed by atoms with E-state index in [2.05, 4.69) is 34.6 Å². The zero-order chi connectivity index (χ0) is 32.6. The molecule has 0 radical (unpaired) electrons. The fraction of sp³-hybridized carbons (Fsp3) is 0.667. The van der Waals surface area contributed by atoms with Gasteiger partial charge in [0, 0.05) is 5.92 Å². The first-order valence-electron chi connectivity index (χ1n) is 16.6. The molecule has 4 bridgehead atoms. The summed E-state index contributed by atoms with van der Waals surface area (Å²) >= 11 is 0. The summed E-state index contributed by atoms with van der Waals surface area (Å²) in [5, 5.41) is -4.82. The second-order valence-corrected chi connectivity index (χ2v) is 16.8. The van der Waals surface area contributed by atoms with Crippen LogP contribution >= 0.6 is 0 Å². The Balaban J connectivity index is 1.20. The maximum absolute atomic E-state index is 15.5. The Kier molecular flexibility index (Phi) is 8.11. The second kappa shape index (κ2) is 11.2. The molecule has 5 nitrogen and oxygen atoms in total. The van der Waals surface area contributed by atoms with Crippen LogP contribution in [0.5, 0.6) is 11.5 Å². The van der Waals surface area contributed by atoms with E-state index in [9.17, 15) is 21.8 Å². The third kappa shape index (κ3) is 5.68. The number of halogens is 3. The van der Waals surface area contributed by atoms with Gasteiger partial charge in [0.15, 0.2) is 6.17 Å². The number of hydrogen-bond donors (Lipinski definition) is 1. The predicted octanol–water partition coefficient (Wildman–Crippen LogP) is 9.37. The molecule has 9 atom stereocenters. The molecule has 0 spiro atoms. The first-order valence-corrected chi connectivity index (χ1v) is 18.0. The first-order chi connectivity index (χ1) is 21.0. The molecule has 0 aliphatic heterocycles. The zero-order valence-corrected chi connectivity index (χ0v) is 27.8. The van der Waals surface area contributed by atoms with Gasteiger partial charge in [0.25, 0.3) is 0 Å². The fourth-order valence-electron chi connectivity index (χ4n) is 9.94. The molecule has 4 aliphatic rings. The van der Waals surface area contributed by atoms with Crippen molar-refractivity contribution < 1.29 is 35.6 Å². The number of benzene rings is 2. The highest BCUT2D eigenvalue weighted by molar-refractivity contribution is 7.86. The van der Waals surface area contributed by atoms with Gasteiger partial charge in [0.2, 0.25) is 0 Å². The van der Waals surface area contributed by atoms with Crippen molar-refractivity contribution in [3.05, 3.63) is 48.5 Å². The number of hydrogen-bond acceptors (Lipinski definition) is 4. The maximum atomic E-state index is 15.5. The SMILES string of the molecule is CCC(C)(C)Oc1ccc(-c2ccc(OC(C)(CC)CC34CC(C(C(F)C(F)(F)S(=O)(=O)O)C3)C3C5CCC(C5)C34)cc2)cc1. The molecule has 2 aromatic rings. The standard InChI is InChI=1S/C36H47F3O5S/c1-6-33(3,4)43-26-14-10-22(11-15-26)23-12-16-27(17-13-23)44-34(5,7-2)21-35-19-28(30-24-8-9-25(18-24)31(30)35)29(20-35)32(37)36(38,39)45(40,41)42/h10-17,24-25,28-32H,6-9,18-21H2,1-5H3,(H,40,41,42). The lowest BCUT2D eigenvalue weighted by Crippen LogP contribution is -2.50. The Bertz CT molecular complexity index is 1490. The van der Waals surface area contributed by atoms with E-state index in [0.717, 1.165) is 42.6 Å². The molecule has 1 N–H and O–H groups in total. The highest BCUT2D eigenvalue weighted by Crippen LogP contribution is 2.76. The highest BCUT2D eigenvalue weighted by atomic mass is 32.2. The quantitative estimate of drug-likeness (QED) is 0.183. The minimum atomic E-state index is -5.86. The van der Waals surface area contributed by atoms with Gasteiger partial charge in [-0.05, 0) is 143 Å². The molecule has 0 saturated heterocycles. The lowest BCUT2D eigenvalue weighted by Gasteiger charge is -2.48. The average Bonchev–Trinajstić information content (AvgIpc) is 3.76. The van der Waals surface area contributed by atoms with E-state index in [0.29, 0.717) is 42.8 Å². The third-order valence-electron chi connectivity index (χ3n) is 12.2. The molecule has 6 rings (SSSR count). The van der Waals surface area contributed by atoms with Crippen LogP contribution in [-0.2, 0) is 10.1 Å². The molecular formula is C36H47F3O5S. The van der Waals surface area contributed by atoms with E-state index < -0.39 is 38.5 Å². The smallest absolute Gasteiger partial charge is 0.400 e. The lowest BCUT2D eigenvalue weighted by atomic mass is 9.58. The van der Waals surface area contributed by atoms with E-state index in [1.165, 1.54) is 0 Å². The Morgan fingerprint density at radius 2 is 1.44 bits per heavy atom. The van der Waals surface area contributed by atoms with Gasteiger partial charge in [-0.3, -0.25) is 4.55 Å². The van der Waals surface area contributed by atoms with E-state index in [1.807, 2.05) is 48.5 Å². The molecule has 4 saturated carbocycles. The van der Waals surface area contributed by atoms with Crippen LogP contribution in [0.4, 0.5) is 13.2 Å². The Hall–Kier alpha value is -2.26. The molecule has 0 amide bonds. The van der Waals surface area contributed by atoms with E-state index >= 15 is 4.39 Å². The summed E-state index contributed by atoms with van der Waals surface area (Å²) in [5.74, 6) is 1.44. The summed E-state index contributed by atoms with van der Waals surface area (Å²) < 4.78 is 89.8. The van der Waals surface area contributed by atoms with Gasteiger partial charge in [0.1, 0.15) is 22.7 Å². The van der Waals surface area contributed by atoms with Crippen molar-refractivity contribution in [3.63, 3.8) is 0 Å². The van der Waals surface area contributed by atoms with Crippen LogP contribution in [0.3, 0.4) is 0 Å². The van der Waals surface area contributed by atoms with Gasteiger partial charge in [0.05, 0.1) is 0 Å². The maximum Gasteiger partial charge on any atom is 0.400 e. The van der Waals surface area contributed by atoms with Crippen molar-refractivity contribution in [2.45, 2.75) is 109 Å². The summed E-state index contributed by atoms with van der Waals surface area (Å²) in [6.45, 7) is 10.3. The van der Waals surface area contributed by atoms with Gasteiger partial charge < -0.3 is 9.47 Å². The zero-order valence-electron chi connectivity index (χ0n) is 26.9. The molecule has 9 unspecified atom stereocenters. The normalized spacial score (nSPS) is 32.7. The minimum absolute atomic E-state index is 0.128. The molecule has 0 aromatic heterocycles. The van der Waals surface area contributed by atoms with Crippen LogP contribution in [0, 0.1) is 40.9 Å². The predicted molar refractivity (Wildman–Crippen MR) is 169 cm³/mol. The van der Waals surface area contributed by atoms with Gasteiger partial charge in [-0.15, -0.1) is 0 Å². The minimum Gasteiger partial charge on any atom is -0.488 e. The Morgan fingerprint density at radius 3 is 1.98 bits per heavy atom. The van der Waals surface area contributed by atoms with Crippen molar-refractivity contribution in [2.75, 3.05) is 0 Å². The summed E-state index contributed by atoms with van der Waals surface area (Å²) in [6.07, 6.45) is 3.22. The number of rotatable bonds is 12. The molecule has 248 valence electrons. The van der Waals surface area contributed by atoms with Crippen LogP contribution in [0.1, 0.15) is 86.0 Å². The number of alkyl halides is 3. The van der Waals surface area contributed by atoms with Crippen molar-refractivity contribution in [2.24, 2.45) is 40.9 Å². The van der Waals surface area contributed by atoms with Crippen LogP contribution < -0.4 is 9.47 Å². The topological polar surface area (TPSA) is 72.8 Å². The van der Waals surface area contributed by atoms with Crippen LogP contribution in [0.2, 0.25) is 0 Å². The van der Waals surface area contributed by atoms with E-state index in [4.69, 9.17) is 9.47 Å². The molecule has 45 heavy (non-hydrogen) atoms. The third-order valence-corrected chi connectivity index (χ3v) is 13.1. The van der Waals surface area contributed by atoms with Crippen molar-refractivity contribution in [1.82, 2.24) is 0 Å². The Labute approximate surface area is 266 Å².